The topological polar surface area (TPSA) is 110 Å². The van der Waals surface area contributed by atoms with E-state index in [2.05, 4.69) is 9.97 Å². The number of imidazole rings is 1. The lowest BCUT2D eigenvalue weighted by molar-refractivity contribution is 0.0764. The van der Waals surface area contributed by atoms with Crippen LogP contribution in [-0.2, 0) is 10.0 Å². The van der Waals surface area contributed by atoms with Gasteiger partial charge in [0.2, 0.25) is 0 Å². The predicted molar refractivity (Wildman–Crippen MR) is 89.0 cm³/mol. The van der Waals surface area contributed by atoms with Gasteiger partial charge in [0.15, 0.2) is 5.03 Å². The highest BCUT2D eigenvalue weighted by atomic mass is 32.2. The van der Waals surface area contributed by atoms with Crippen LogP contribution in [0.1, 0.15) is 22.3 Å². The number of nitrogens with zero attached hydrogens (tertiary/aromatic N) is 4. The Morgan fingerprint density at radius 3 is 2.80 bits per heavy atom. The van der Waals surface area contributed by atoms with E-state index in [1.165, 1.54) is 16.8 Å². The molecule has 130 valence electrons. The molecular weight excluding hydrogens is 342 g/mol. The van der Waals surface area contributed by atoms with Crippen LogP contribution >= 0.6 is 0 Å². The van der Waals surface area contributed by atoms with Crippen LogP contribution in [0.2, 0.25) is 0 Å². The van der Waals surface area contributed by atoms with E-state index in [4.69, 9.17) is 5.26 Å². The highest BCUT2D eigenvalue weighted by Gasteiger charge is 2.29. The molecule has 0 radical (unpaired) electrons. The number of carbonyl (C=O) groups is 1. The number of nitrogens with one attached hydrogen (secondary N) is 1. The molecule has 1 N–H and O–H groups in total. The van der Waals surface area contributed by atoms with Gasteiger partial charge in [-0.15, -0.1) is 0 Å². The van der Waals surface area contributed by atoms with Crippen molar-refractivity contribution in [2.75, 3.05) is 26.2 Å². The van der Waals surface area contributed by atoms with Gasteiger partial charge in [0, 0.05) is 31.7 Å². The molecular formula is C16H17N5O3S. The Kier molecular flexibility index (Phi) is 4.83. The van der Waals surface area contributed by atoms with Gasteiger partial charge in [-0.1, -0.05) is 6.07 Å². The monoisotopic (exact) mass is 359 g/mol. The average Bonchev–Trinajstić information content (AvgIpc) is 3.06. The summed E-state index contributed by atoms with van der Waals surface area (Å²) in [7, 11) is -3.63. The zero-order valence-corrected chi connectivity index (χ0v) is 14.2. The van der Waals surface area contributed by atoms with Crippen LogP contribution in [0, 0.1) is 11.3 Å². The van der Waals surface area contributed by atoms with Crippen molar-refractivity contribution in [2.45, 2.75) is 11.4 Å². The minimum atomic E-state index is -3.63. The molecule has 0 unspecified atom stereocenters. The zero-order valence-electron chi connectivity index (χ0n) is 13.4. The molecule has 8 nitrogen and oxygen atoms in total. The highest BCUT2D eigenvalue weighted by Crippen LogP contribution is 2.16. The van der Waals surface area contributed by atoms with Gasteiger partial charge in [0.25, 0.3) is 15.9 Å². The molecule has 3 rings (SSSR count). The van der Waals surface area contributed by atoms with Crippen molar-refractivity contribution >= 4 is 15.9 Å². The Hall–Kier alpha value is -2.70. The Balaban J connectivity index is 1.73. The standard InChI is InChI=1S/C16H17N5O3S/c17-10-13-3-1-4-14(9-13)16(22)20-5-2-6-21(8-7-20)25(23,24)15-11-18-12-19-15/h1,3-4,9,11-12H,2,5-8H2,(H,18,19). The smallest absolute Gasteiger partial charge is 0.260 e. The summed E-state index contributed by atoms with van der Waals surface area (Å²) >= 11 is 0. The molecule has 1 saturated heterocycles. The van der Waals surface area contributed by atoms with Gasteiger partial charge >= 0.3 is 0 Å². The lowest BCUT2D eigenvalue weighted by atomic mass is 10.1. The van der Waals surface area contributed by atoms with Crippen molar-refractivity contribution < 1.29 is 13.2 Å². The molecule has 1 aliphatic rings. The summed E-state index contributed by atoms with van der Waals surface area (Å²) in [4.78, 5) is 20.6. The fourth-order valence-electron chi connectivity index (χ4n) is 2.76. The largest absolute Gasteiger partial charge is 0.337 e. The molecule has 1 aromatic carbocycles. The quantitative estimate of drug-likeness (QED) is 0.872. The number of hydrogen-bond acceptors (Lipinski definition) is 5. The Morgan fingerprint density at radius 1 is 1.24 bits per heavy atom. The predicted octanol–water partition coefficient (Wildman–Crippen LogP) is 0.818. The summed E-state index contributed by atoms with van der Waals surface area (Å²) in [5.41, 5.74) is 0.855. The minimum Gasteiger partial charge on any atom is -0.337 e. The summed E-state index contributed by atoms with van der Waals surface area (Å²) < 4.78 is 26.5. The van der Waals surface area contributed by atoms with E-state index in [1.807, 2.05) is 6.07 Å². The Labute approximate surface area is 145 Å². The van der Waals surface area contributed by atoms with E-state index in [0.29, 0.717) is 37.2 Å². The molecule has 1 fully saturated rings. The molecule has 25 heavy (non-hydrogen) atoms. The first-order valence-electron chi connectivity index (χ1n) is 7.80. The molecule has 1 aromatic heterocycles. The first-order valence-corrected chi connectivity index (χ1v) is 9.24. The van der Waals surface area contributed by atoms with Gasteiger partial charge in [-0.25, -0.2) is 13.4 Å². The van der Waals surface area contributed by atoms with Crippen LogP contribution in [0.25, 0.3) is 0 Å². The Bertz CT molecular complexity index is 902. The molecule has 2 aromatic rings. The second-order valence-electron chi connectivity index (χ2n) is 5.66. The average molecular weight is 359 g/mol. The lowest BCUT2D eigenvalue weighted by Crippen LogP contribution is -2.37. The lowest BCUT2D eigenvalue weighted by Gasteiger charge is -2.21. The SMILES string of the molecule is N#Cc1cccc(C(=O)N2CCCN(S(=O)(=O)c3cnc[nH]3)CC2)c1. The number of benzene rings is 1. The number of sulfonamides is 1. The molecule has 2 heterocycles. The molecule has 1 amide bonds. The third-order valence-electron chi connectivity index (χ3n) is 4.07. The van der Waals surface area contributed by atoms with E-state index in [-0.39, 0.29) is 17.5 Å². The van der Waals surface area contributed by atoms with E-state index in [1.54, 1.807) is 29.2 Å². The summed E-state index contributed by atoms with van der Waals surface area (Å²) in [6.45, 7) is 1.31. The number of aromatic amines is 1. The molecule has 0 aliphatic carbocycles. The number of carbonyl (C=O) groups excluding carboxylic acids is 1. The number of aromatic nitrogens is 2. The Morgan fingerprint density at radius 2 is 2.08 bits per heavy atom. The van der Waals surface area contributed by atoms with Gasteiger partial charge in [-0.05, 0) is 24.6 Å². The maximum absolute atomic E-state index is 12.6. The number of rotatable bonds is 3. The molecule has 0 bridgehead atoms. The van der Waals surface area contributed by atoms with Gasteiger partial charge in [-0.3, -0.25) is 4.79 Å². The number of H-pyrrole nitrogens is 1. The van der Waals surface area contributed by atoms with Crippen LogP contribution in [0.5, 0.6) is 0 Å². The van der Waals surface area contributed by atoms with Gasteiger partial charge in [-0.2, -0.15) is 9.57 Å². The first-order chi connectivity index (χ1) is 12.0. The molecule has 0 saturated carbocycles. The minimum absolute atomic E-state index is 0.0500. The molecule has 1 aliphatic heterocycles. The van der Waals surface area contributed by atoms with Gasteiger partial charge in [0.1, 0.15) is 0 Å². The summed E-state index contributed by atoms with van der Waals surface area (Å²) in [5.74, 6) is -0.196. The molecule has 0 atom stereocenters. The van der Waals surface area contributed by atoms with E-state index < -0.39 is 10.0 Å². The van der Waals surface area contributed by atoms with Gasteiger partial charge in [0.05, 0.1) is 24.2 Å². The van der Waals surface area contributed by atoms with Crippen molar-refractivity contribution in [3.63, 3.8) is 0 Å². The fraction of sp³-hybridized carbons (Fsp3) is 0.312. The van der Waals surface area contributed by atoms with Crippen molar-refractivity contribution in [3.8, 4) is 6.07 Å². The maximum atomic E-state index is 12.6. The van der Waals surface area contributed by atoms with E-state index in [9.17, 15) is 13.2 Å². The number of amides is 1. The summed E-state index contributed by atoms with van der Waals surface area (Å²) in [6.07, 6.45) is 3.14. The summed E-state index contributed by atoms with van der Waals surface area (Å²) in [5, 5.41) is 9.01. The highest BCUT2D eigenvalue weighted by molar-refractivity contribution is 7.89. The van der Waals surface area contributed by atoms with Crippen LogP contribution in [0.15, 0.2) is 41.8 Å². The van der Waals surface area contributed by atoms with Crippen molar-refractivity contribution in [1.29, 1.82) is 5.26 Å². The normalized spacial score (nSPS) is 16.2. The van der Waals surface area contributed by atoms with E-state index >= 15 is 0 Å². The second-order valence-corrected chi connectivity index (χ2v) is 7.56. The fourth-order valence-corrected chi connectivity index (χ4v) is 4.13. The maximum Gasteiger partial charge on any atom is 0.260 e. The third kappa shape index (κ3) is 3.55. The first kappa shape index (κ1) is 17.1. The van der Waals surface area contributed by atoms with Crippen LogP contribution in [0.4, 0.5) is 0 Å². The third-order valence-corrected chi connectivity index (χ3v) is 5.90. The van der Waals surface area contributed by atoms with Gasteiger partial charge < -0.3 is 9.88 Å². The van der Waals surface area contributed by atoms with E-state index in [0.717, 1.165) is 0 Å². The molecule has 9 heteroatoms. The summed E-state index contributed by atoms with van der Waals surface area (Å²) in [6, 6.07) is 8.52. The second kappa shape index (κ2) is 7.04. The molecule has 0 spiro atoms. The van der Waals surface area contributed by atoms with Crippen molar-refractivity contribution in [3.05, 3.63) is 47.9 Å². The van der Waals surface area contributed by atoms with Crippen molar-refractivity contribution in [2.24, 2.45) is 0 Å². The van der Waals surface area contributed by atoms with Crippen molar-refractivity contribution in [1.82, 2.24) is 19.2 Å². The van der Waals surface area contributed by atoms with Crippen LogP contribution < -0.4 is 0 Å². The number of hydrogen-bond donors (Lipinski definition) is 1. The zero-order chi connectivity index (χ0) is 17.9. The van der Waals surface area contributed by atoms with Crippen LogP contribution in [0.3, 0.4) is 0 Å². The number of nitriles is 1. The van der Waals surface area contributed by atoms with Crippen LogP contribution in [-0.4, -0.2) is 59.7 Å².